The molecule has 0 spiro atoms. The van der Waals surface area contributed by atoms with Gasteiger partial charge >= 0.3 is 6.18 Å². The lowest BCUT2D eigenvalue weighted by atomic mass is 9.77. The van der Waals surface area contributed by atoms with E-state index in [0.717, 1.165) is 5.56 Å². The van der Waals surface area contributed by atoms with Crippen molar-refractivity contribution in [2.45, 2.75) is 37.9 Å². The van der Waals surface area contributed by atoms with Crippen LogP contribution in [0.4, 0.5) is 13.2 Å². The van der Waals surface area contributed by atoms with Crippen molar-refractivity contribution in [2.75, 3.05) is 7.05 Å². The Morgan fingerprint density at radius 2 is 1.74 bits per heavy atom. The molecular weight excluding hydrogens is 255 g/mol. The highest BCUT2D eigenvalue weighted by Crippen LogP contribution is 2.42. The predicted octanol–water partition coefficient (Wildman–Crippen LogP) is 3.11. The maximum absolute atomic E-state index is 12.6. The van der Waals surface area contributed by atoms with E-state index < -0.39 is 12.1 Å². The lowest BCUT2D eigenvalue weighted by Gasteiger charge is -2.34. The monoisotopic (exact) mass is 273 g/mol. The van der Waals surface area contributed by atoms with Crippen molar-refractivity contribution in [3.05, 3.63) is 24.3 Å². The van der Waals surface area contributed by atoms with E-state index in [0.29, 0.717) is 12.8 Å². The number of nitrogens with one attached hydrogen (secondary N) is 1. The van der Waals surface area contributed by atoms with E-state index in [1.165, 1.54) is 6.33 Å². The van der Waals surface area contributed by atoms with Crippen LogP contribution in [0.2, 0.25) is 0 Å². The topological polar surface area (TPSA) is 37.8 Å². The van der Waals surface area contributed by atoms with Crippen LogP contribution in [0.1, 0.15) is 37.3 Å². The van der Waals surface area contributed by atoms with E-state index in [4.69, 9.17) is 0 Å². The molecule has 1 unspecified atom stereocenters. The summed E-state index contributed by atoms with van der Waals surface area (Å²) < 4.78 is 37.9. The van der Waals surface area contributed by atoms with Crippen LogP contribution in [0.3, 0.4) is 0 Å². The first-order valence-corrected chi connectivity index (χ1v) is 6.51. The first-order chi connectivity index (χ1) is 9.02. The van der Waals surface area contributed by atoms with E-state index in [1.807, 2.05) is 7.05 Å². The van der Waals surface area contributed by atoms with Crippen LogP contribution in [-0.4, -0.2) is 23.2 Å². The van der Waals surface area contributed by atoms with Crippen molar-refractivity contribution in [1.82, 2.24) is 15.3 Å². The molecule has 0 amide bonds. The molecule has 0 bridgehead atoms. The fraction of sp³-hybridized carbons (Fsp3) is 0.692. The first kappa shape index (κ1) is 14.2. The van der Waals surface area contributed by atoms with Crippen LogP contribution in [0.25, 0.3) is 0 Å². The van der Waals surface area contributed by atoms with Gasteiger partial charge in [0.25, 0.3) is 0 Å². The van der Waals surface area contributed by atoms with Gasteiger partial charge in [-0.25, -0.2) is 9.97 Å². The Labute approximate surface area is 110 Å². The van der Waals surface area contributed by atoms with E-state index in [2.05, 4.69) is 15.3 Å². The van der Waals surface area contributed by atoms with Crippen molar-refractivity contribution < 1.29 is 13.2 Å². The highest BCUT2D eigenvalue weighted by atomic mass is 19.4. The number of hydrogen-bond donors (Lipinski definition) is 1. The number of halogens is 3. The minimum absolute atomic E-state index is 0.0374. The molecule has 1 aliphatic rings. The molecule has 1 saturated carbocycles. The quantitative estimate of drug-likeness (QED) is 0.919. The Morgan fingerprint density at radius 1 is 1.16 bits per heavy atom. The molecule has 6 heteroatoms. The summed E-state index contributed by atoms with van der Waals surface area (Å²) in [5.41, 5.74) is 0.945. The molecule has 19 heavy (non-hydrogen) atoms. The van der Waals surface area contributed by atoms with Crippen molar-refractivity contribution in [3.63, 3.8) is 0 Å². The first-order valence-electron chi connectivity index (χ1n) is 6.51. The molecule has 106 valence electrons. The SMILES string of the molecule is CNC(c1cncnc1)C1CCC(C(F)(F)F)CC1. The molecule has 1 aromatic rings. The molecule has 1 N–H and O–H groups in total. The van der Waals surface area contributed by atoms with Crippen molar-refractivity contribution >= 4 is 0 Å². The lowest BCUT2D eigenvalue weighted by molar-refractivity contribution is -0.184. The zero-order valence-corrected chi connectivity index (χ0v) is 10.8. The maximum Gasteiger partial charge on any atom is 0.391 e. The molecule has 0 saturated heterocycles. The standard InChI is InChI=1S/C13H18F3N3/c1-17-12(10-6-18-8-19-7-10)9-2-4-11(5-3-9)13(14,15)16/h6-9,11-12,17H,2-5H2,1H3. The summed E-state index contributed by atoms with van der Waals surface area (Å²) in [6.45, 7) is 0. The molecule has 1 aromatic heterocycles. The molecule has 0 aliphatic heterocycles. The molecule has 3 nitrogen and oxygen atoms in total. The number of rotatable bonds is 3. The Balaban J connectivity index is 2.00. The van der Waals surface area contributed by atoms with Gasteiger partial charge in [0.05, 0.1) is 5.92 Å². The van der Waals surface area contributed by atoms with Gasteiger partial charge in [-0.3, -0.25) is 0 Å². The molecule has 0 aromatic carbocycles. The van der Waals surface area contributed by atoms with Gasteiger partial charge in [0.15, 0.2) is 0 Å². The summed E-state index contributed by atoms with van der Waals surface area (Å²) in [4.78, 5) is 7.94. The average Bonchev–Trinajstić information content (AvgIpc) is 2.40. The Morgan fingerprint density at radius 3 is 2.21 bits per heavy atom. The largest absolute Gasteiger partial charge is 0.391 e. The Kier molecular flexibility index (Phi) is 4.39. The second-order valence-corrected chi connectivity index (χ2v) is 5.09. The molecule has 1 fully saturated rings. The van der Waals surface area contributed by atoms with Crippen LogP contribution in [0, 0.1) is 11.8 Å². The fourth-order valence-electron chi connectivity index (χ4n) is 2.93. The molecule has 1 atom stereocenters. The van der Waals surface area contributed by atoms with Crippen molar-refractivity contribution in [1.29, 1.82) is 0 Å². The summed E-state index contributed by atoms with van der Waals surface area (Å²) in [5, 5.41) is 3.18. The molecular formula is C13H18F3N3. The van der Waals surface area contributed by atoms with Gasteiger partial charge in [0.1, 0.15) is 6.33 Å². The minimum atomic E-state index is -4.05. The van der Waals surface area contributed by atoms with Gasteiger partial charge < -0.3 is 5.32 Å². The maximum atomic E-state index is 12.6. The summed E-state index contributed by atoms with van der Waals surface area (Å²) >= 11 is 0. The zero-order chi connectivity index (χ0) is 13.9. The Hall–Kier alpha value is -1.17. The molecule has 2 rings (SSSR count). The normalized spacial score (nSPS) is 26.1. The zero-order valence-electron chi connectivity index (χ0n) is 10.8. The van der Waals surface area contributed by atoms with Gasteiger partial charge in [-0.05, 0) is 38.6 Å². The van der Waals surface area contributed by atoms with Gasteiger partial charge in [-0.1, -0.05) is 0 Å². The number of aromatic nitrogens is 2. The molecule has 0 radical (unpaired) electrons. The third-order valence-corrected chi connectivity index (χ3v) is 3.96. The van der Waals surface area contributed by atoms with E-state index in [1.54, 1.807) is 12.4 Å². The fourth-order valence-corrected chi connectivity index (χ4v) is 2.93. The van der Waals surface area contributed by atoms with Gasteiger partial charge in [-0.2, -0.15) is 13.2 Å². The van der Waals surface area contributed by atoms with E-state index >= 15 is 0 Å². The summed E-state index contributed by atoms with van der Waals surface area (Å²) in [6, 6.07) is 0.0374. The molecule has 1 aliphatic carbocycles. The average molecular weight is 273 g/mol. The minimum Gasteiger partial charge on any atom is -0.313 e. The third-order valence-electron chi connectivity index (χ3n) is 3.96. The molecule has 1 heterocycles. The third kappa shape index (κ3) is 3.43. The number of nitrogens with zero attached hydrogens (tertiary/aromatic N) is 2. The summed E-state index contributed by atoms with van der Waals surface area (Å²) in [7, 11) is 1.83. The summed E-state index contributed by atoms with van der Waals surface area (Å²) in [6.07, 6.45) is 2.48. The highest BCUT2D eigenvalue weighted by molar-refractivity contribution is 5.11. The second-order valence-electron chi connectivity index (χ2n) is 5.09. The van der Waals surface area contributed by atoms with Gasteiger partial charge in [-0.15, -0.1) is 0 Å². The second kappa shape index (κ2) is 5.86. The number of alkyl halides is 3. The van der Waals surface area contributed by atoms with Crippen molar-refractivity contribution in [2.24, 2.45) is 11.8 Å². The van der Waals surface area contributed by atoms with Crippen molar-refractivity contribution in [3.8, 4) is 0 Å². The van der Waals surface area contributed by atoms with Crippen LogP contribution >= 0.6 is 0 Å². The van der Waals surface area contributed by atoms with Crippen LogP contribution in [0.15, 0.2) is 18.7 Å². The lowest BCUT2D eigenvalue weighted by Crippen LogP contribution is -2.33. The highest BCUT2D eigenvalue weighted by Gasteiger charge is 2.42. The van der Waals surface area contributed by atoms with E-state index in [9.17, 15) is 13.2 Å². The van der Waals surface area contributed by atoms with Crippen LogP contribution in [0.5, 0.6) is 0 Å². The van der Waals surface area contributed by atoms with Gasteiger partial charge in [0.2, 0.25) is 0 Å². The van der Waals surface area contributed by atoms with Crippen LogP contribution in [-0.2, 0) is 0 Å². The Bertz CT molecular complexity index is 386. The number of hydrogen-bond acceptors (Lipinski definition) is 3. The van der Waals surface area contributed by atoms with Gasteiger partial charge in [0, 0.05) is 24.0 Å². The van der Waals surface area contributed by atoms with E-state index in [-0.39, 0.29) is 24.8 Å². The van der Waals surface area contributed by atoms with Crippen LogP contribution < -0.4 is 5.32 Å². The smallest absolute Gasteiger partial charge is 0.313 e. The summed E-state index contributed by atoms with van der Waals surface area (Å²) in [5.74, 6) is -0.914. The predicted molar refractivity (Wildman–Crippen MR) is 65.3 cm³/mol.